The number of carbonyl (C=O) groups is 1. The fourth-order valence-corrected chi connectivity index (χ4v) is 6.76. The van der Waals surface area contributed by atoms with E-state index in [-0.39, 0.29) is 22.6 Å². The molecule has 10 heteroatoms. The van der Waals surface area contributed by atoms with Crippen molar-refractivity contribution in [3.8, 4) is 0 Å². The molecule has 4 bridgehead atoms. The molecule has 1 aromatic heterocycles. The lowest BCUT2D eigenvalue weighted by Gasteiger charge is -2.60. The van der Waals surface area contributed by atoms with Gasteiger partial charge in [0, 0.05) is 10.6 Å². The molecule has 2 unspecified atom stereocenters. The molecule has 2 atom stereocenters. The van der Waals surface area contributed by atoms with Crippen molar-refractivity contribution in [3.63, 3.8) is 0 Å². The van der Waals surface area contributed by atoms with Crippen LogP contribution in [0.4, 0.5) is 0 Å². The smallest absolute Gasteiger partial charge is 0.341 e. The van der Waals surface area contributed by atoms with Crippen LogP contribution in [0.15, 0.2) is 29.7 Å². The molecule has 0 saturated heterocycles. The predicted molar refractivity (Wildman–Crippen MR) is 113 cm³/mol. The molecule has 0 amide bonds. The van der Waals surface area contributed by atoms with E-state index in [4.69, 9.17) is 45.4 Å². The number of rotatable bonds is 4. The Balaban J connectivity index is 1.40. The Morgan fingerprint density at radius 2 is 1.93 bits per heavy atom. The predicted octanol–water partition coefficient (Wildman–Crippen LogP) is 4.40. The van der Waals surface area contributed by atoms with E-state index in [1.54, 1.807) is 24.5 Å². The molecule has 0 aliphatic heterocycles. The van der Waals surface area contributed by atoms with Crippen LogP contribution >= 0.6 is 34.8 Å². The van der Waals surface area contributed by atoms with Gasteiger partial charge < -0.3 is 10.6 Å². The fraction of sp³-hybridized carbons (Fsp3) is 0.500. The summed E-state index contributed by atoms with van der Waals surface area (Å²) in [4.78, 5) is 22.7. The van der Waals surface area contributed by atoms with Crippen LogP contribution in [0.2, 0.25) is 15.3 Å². The normalized spacial score (nSPS) is 32.4. The maximum Gasteiger partial charge on any atom is 0.341 e. The number of nitrogens with two attached hydrogens (primary N) is 1. The Bertz CT molecular complexity index is 1040. The zero-order chi connectivity index (χ0) is 21.1. The van der Waals surface area contributed by atoms with Crippen LogP contribution in [-0.4, -0.2) is 26.6 Å². The highest BCUT2D eigenvalue weighted by atomic mass is 35.5. The molecule has 1 aromatic carbocycles. The van der Waals surface area contributed by atoms with E-state index >= 15 is 0 Å². The van der Waals surface area contributed by atoms with Gasteiger partial charge in [-0.1, -0.05) is 28.4 Å². The zero-order valence-electron chi connectivity index (χ0n) is 16.0. The molecule has 30 heavy (non-hydrogen) atoms. The van der Waals surface area contributed by atoms with Crippen LogP contribution < -0.4 is 5.73 Å². The SMILES string of the molecule is N/C(=N\OC(=O)C12CC3CC(C1)CC(n1cnc(Cl)n1)(C3)C2)c1ccc(Cl)cc1Cl. The minimum atomic E-state index is -0.601. The molecule has 0 spiro atoms. The molecule has 7 nitrogen and oxygen atoms in total. The fourth-order valence-electron chi connectivity index (χ4n) is 6.13. The van der Waals surface area contributed by atoms with Crippen LogP contribution in [0.1, 0.15) is 44.1 Å². The van der Waals surface area contributed by atoms with Crippen molar-refractivity contribution in [1.29, 1.82) is 0 Å². The van der Waals surface area contributed by atoms with Crippen molar-refractivity contribution in [2.75, 3.05) is 0 Å². The maximum absolute atomic E-state index is 13.2. The Kier molecular flexibility index (Phi) is 4.76. The van der Waals surface area contributed by atoms with E-state index in [9.17, 15) is 4.79 Å². The van der Waals surface area contributed by atoms with E-state index in [0.29, 0.717) is 33.9 Å². The van der Waals surface area contributed by atoms with Gasteiger partial charge >= 0.3 is 5.97 Å². The number of oxime groups is 1. The summed E-state index contributed by atoms with van der Waals surface area (Å²) in [6.45, 7) is 0. The molecule has 1 heterocycles. The third-order valence-electron chi connectivity index (χ3n) is 6.85. The van der Waals surface area contributed by atoms with E-state index in [1.165, 1.54) is 0 Å². The molecular weight excluding hydrogens is 449 g/mol. The van der Waals surface area contributed by atoms with Gasteiger partial charge in [0.15, 0.2) is 5.84 Å². The first-order chi connectivity index (χ1) is 14.3. The van der Waals surface area contributed by atoms with Crippen LogP contribution in [0.3, 0.4) is 0 Å². The van der Waals surface area contributed by atoms with Gasteiger partial charge in [-0.15, -0.1) is 5.10 Å². The Labute approximate surface area is 188 Å². The lowest BCUT2D eigenvalue weighted by atomic mass is 9.47. The van der Waals surface area contributed by atoms with E-state index in [1.807, 2.05) is 4.68 Å². The summed E-state index contributed by atoms with van der Waals surface area (Å²) in [6, 6.07) is 4.86. The van der Waals surface area contributed by atoms with Crippen molar-refractivity contribution >= 4 is 46.6 Å². The van der Waals surface area contributed by atoms with Crippen LogP contribution in [-0.2, 0) is 15.2 Å². The number of benzene rings is 1. The summed E-state index contributed by atoms with van der Waals surface area (Å²) >= 11 is 18.1. The minimum Gasteiger partial charge on any atom is -0.380 e. The molecule has 4 aliphatic carbocycles. The maximum atomic E-state index is 13.2. The highest BCUT2D eigenvalue weighted by Gasteiger charge is 2.62. The summed E-state index contributed by atoms with van der Waals surface area (Å²) in [5.41, 5.74) is 5.63. The van der Waals surface area contributed by atoms with E-state index in [0.717, 1.165) is 32.1 Å². The van der Waals surface area contributed by atoms with Gasteiger partial charge in [-0.05, 0) is 80.2 Å². The molecule has 2 N–H and O–H groups in total. The van der Waals surface area contributed by atoms with Gasteiger partial charge in [0.25, 0.3) is 0 Å². The minimum absolute atomic E-state index is 0.0347. The van der Waals surface area contributed by atoms with Crippen molar-refractivity contribution in [2.24, 2.45) is 28.1 Å². The number of nitrogens with zero attached hydrogens (tertiary/aromatic N) is 4. The highest BCUT2D eigenvalue weighted by molar-refractivity contribution is 6.36. The second kappa shape index (κ2) is 7.11. The molecule has 4 saturated carbocycles. The van der Waals surface area contributed by atoms with Crippen molar-refractivity contribution in [2.45, 2.75) is 44.1 Å². The number of amidine groups is 1. The zero-order valence-corrected chi connectivity index (χ0v) is 18.3. The largest absolute Gasteiger partial charge is 0.380 e. The first-order valence-electron chi connectivity index (χ1n) is 9.87. The number of aromatic nitrogens is 3. The van der Waals surface area contributed by atoms with E-state index < -0.39 is 5.41 Å². The average Bonchev–Trinajstić information content (AvgIpc) is 3.12. The molecular formula is C20H20Cl3N5O2. The Morgan fingerprint density at radius 1 is 1.20 bits per heavy atom. The third kappa shape index (κ3) is 3.27. The lowest BCUT2D eigenvalue weighted by molar-refractivity contribution is -0.179. The van der Waals surface area contributed by atoms with Crippen molar-refractivity contribution in [1.82, 2.24) is 14.8 Å². The standard InChI is InChI=1S/C20H20Cl3N5O2/c21-13-1-2-14(15(22)4-13)16(24)27-30-17(29)19-5-11-3-12(6-19)8-20(7-11,9-19)28-10-25-18(23)26-28/h1-2,4,10-12H,3,5-9H2,(H2,24,27). The summed E-state index contributed by atoms with van der Waals surface area (Å²) in [5, 5.41) is 9.32. The third-order valence-corrected chi connectivity index (χ3v) is 7.57. The van der Waals surface area contributed by atoms with Gasteiger partial charge in [0.05, 0.1) is 16.0 Å². The Hall–Kier alpha value is -1.83. The lowest BCUT2D eigenvalue weighted by Crippen LogP contribution is -2.59. The summed E-state index contributed by atoms with van der Waals surface area (Å²) < 4.78 is 1.86. The Morgan fingerprint density at radius 3 is 2.57 bits per heavy atom. The molecule has 2 aromatic rings. The first-order valence-corrected chi connectivity index (χ1v) is 11.0. The molecule has 0 radical (unpaired) electrons. The van der Waals surface area contributed by atoms with Gasteiger partial charge in [-0.2, -0.15) is 0 Å². The molecule has 4 fully saturated rings. The highest BCUT2D eigenvalue weighted by Crippen LogP contribution is 2.64. The van der Waals surface area contributed by atoms with E-state index in [2.05, 4.69) is 15.2 Å². The number of hydrogen-bond acceptors (Lipinski definition) is 5. The summed E-state index contributed by atoms with van der Waals surface area (Å²) in [6.07, 6.45) is 6.99. The second-order valence-electron chi connectivity index (χ2n) is 8.90. The summed E-state index contributed by atoms with van der Waals surface area (Å²) in [7, 11) is 0. The second-order valence-corrected chi connectivity index (χ2v) is 10.1. The number of halogens is 3. The van der Waals surface area contributed by atoms with Gasteiger partial charge in [0.1, 0.15) is 6.33 Å². The molecule has 158 valence electrons. The number of hydrogen-bond donors (Lipinski definition) is 1. The van der Waals surface area contributed by atoms with Crippen molar-refractivity contribution < 1.29 is 9.63 Å². The average molecular weight is 469 g/mol. The molecule has 4 aliphatic rings. The van der Waals surface area contributed by atoms with Gasteiger partial charge in [-0.3, -0.25) is 0 Å². The van der Waals surface area contributed by atoms with Gasteiger partial charge in [-0.25, -0.2) is 14.5 Å². The first kappa shape index (κ1) is 20.1. The number of carbonyl (C=O) groups excluding carboxylic acids is 1. The van der Waals surface area contributed by atoms with Crippen LogP contribution in [0.5, 0.6) is 0 Å². The molecule has 6 rings (SSSR count). The monoisotopic (exact) mass is 467 g/mol. The van der Waals surface area contributed by atoms with Crippen LogP contribution in [0.25, 0.3) is 0 Å². The van der Waals surface area contributed by atoms with Crippen LogP contribution in [0, 0.1) is 17.3 Å². The van der Waals surface area contributed by atoms with Gasteiger partial charge in [0.2, 0.25) is 5.28 Å². The topological polar surface area (TPSA) is 95.4 Å². The quantitative estimate of drug-likeness (QED) is 0.310. The summed E-state index contributed by atoms with van der Waals surface area (Å²) in [5.74, 6) is 0.565. The van der Waals surface area contributed by atoms with Crippen molar-refractivity contribution in [3.05, 3.63) is 45.4 Å².